The van der Waals surface area contributed by atoms with Crippen LogP contribution >= 0.6 is 0 Å². The third kappa shape index (κ3) is 4.69. The summed E-state index contributed by atoms with van der Waals surface area (Å²) in [5, 5.41) is 2.83. The number of carbonyl (C=O) groups is 1. The van der Waals surface area contributed by atoms with Crippen molar-refractivity contribution in [3.63, 3.8) is 0 Å². The Morgan fingerprint density at radius 3 is 2.39 bits per heavy atom. The molecule has 2 heterocycles. The first-order valence-corrected chi connectivity index (χ1v) is 11.6. The molecule has 5 rings (SSSR count). The minimum atomic E-state index is -4.47. The number of methoxy groups -OCH3 is 1. The molecule has 2 atom stereocenters. The fraction of sp³-hybridized carbons (Fsp3) is 0.296. The van der Waals surface area contributed by atoms with E-state index in [-0.39, 0.29) is 18.4 Å². The first-order valence-electron chi connectivity index (χ1n) is 11.6. The predicted octanol–water partition coefficient (Wildman–Crippen LogP) is 5.36. The molecule has 0 aromatic heterocycles. The summed E-state index contributed by atoms with van der Waals surface area (Å²) in [7, 11) is 1.60. The molecule has 2 aliphatic heterocycles. The SMILES string of the molecule is COc1ccc(N2CCN3c4ccc(C(F)(F)F)cc4CC(C(=O)Nc4ccc(F)cc4)C3C2)cc1. The van der Waals surface area contributed by atoms with Crippen LogP contribution in [0.2, 0.25) is 0 Å². The number of nitrogens with one attached hydrogen (secondary N) is 1. The van der Waals surface area contributed by atoms with Gasteiger partial charge in [0.15, 0.2) is 0 Å². The topological polar surface area (TPSA) is 44.8 Å². The minimum Gasteiger partial charge on any atom is -0.497 e. The van der Waals surface area contributed by atoms with Gasteiger partial charge in [0.05, 0.1) is 24.6 Å². The lowest BCUT2D eigenvalue weighted by Crippen LogP contribution is -2.60. The smallest absolute Gasteiger partial charge is 0.416 e. The van der Waals surface area contributed by atoms with Crippen LogP contribution in [0.5, 0.6) is 5.75 Å². The standard InChI is InChI=1S/C27H25F4N3O2/c1-36-22-9-7-21(8-10-22)33-12-13-34-24-11-2-18(27(29,30)31)14-17(24)15-23(25(34)16-33)26(35)32-20-5-3-19(28)4-6-20/h2-11,14,23,25H,12-13,15-16H2,1H3,(H,32,35). The minimum absolute atomic E-state index is 0.171. The van der Waals surface area contributed by atoms with Crippen molar-refractivity contribution in [2.75, 3.05) is 41.9 Å². The second kappa shape index (κ2) is 9.37. The first kappa shape index (κ1) is 24.0. The fourth-order valence-electron chi connectivity index (χ4n) is 5.10. The van der Waals surface area contributed by atoms with E-state index in [1.165, 1.54) is 30.3 Å². The largest absolute Gasteiger partial charge is 0.497 e. The number of nitrogens with zero attached hydrogens (tertiary/aromatic N) is 2. The van der Waals surface area contributed by atoms with Crippen molar-refractivity contribution >= 4 is 23.0 Å². The van der Waals surface area contributed by atoms with E-state index in [0.717, 1.165) is 29.3 Å². The van der Waals surface area contributed by atoms with Gasteiger partial charge in [0.1, 0.15) is 11.6 Å². The van der Waals surface area contributed by atoms with Crippen LogP contribution < -0.4 is 19.9 Å². The number of anilines is 3. The monoisotopic (exact) mass is 499 g/mol. The highest BCUT2D eigenvalue weighted by molar-refractivity contribution is 5.94. The van der Waals surface area contributed by atoms with Crippen molar-refractivity contribution in [2.24, 2.45) is 5.92 Å². The van der Waals surface area contributed by atoms with E-state index in [0.29, 0.717) is 30.9 Å². The molecule has 1 saturated heterocycles. The summed E-state index contributed by atoms with van der Waals surface area (Å²) in [6.45, 7) is 1.72. The van der Waals surface area contributed by atoms with Gasteiger partial charge < -0.3 is 19.9 Å². The molecule has 0 saturated carbocycles. The maximum atomic E-state index is 13.4. The summed E-state index contributed by atoms with van der Waals surface area (Å²) in [4.78, 5) is 17.7. The molecule has 1 N–H and O–H groups in total. The van der Waals surface area contributed by atoms with Crippen molar-refractivity contribution in [3.8, 4) is 5.75 Å². The number of rotatable bonds is 4. The lowest BCUT2D eigenvalue weighted by atomic mass is 9.82. The Bertz CT molecular complexity index is 1250. The molecule has 1 amide bonds. The molecule has 3 aromatic carbocycles. The maximum Gasteiger partial charge on any atom is 0.416 e. The van der Waals surface area contributed by atoms with Gasteiger partial charge in [0.2, 0.25) is 5.91 Å². The number of fused-ring (bicyclic) bond motifs is 3. The zero-order valence-corrected chi connectivity index (χ0v) is 19.6. The van der Waals surface area contributed by atoms with Crippen LogP contribution in [0, 0.1) is 11.7 Å². The van der Waals surface area contributed by atoms with E-state index < -0.39 is 23.5 Å². The van der Waals surface area contributed by atoms with Crippen molar-refractivity contribution in [2.45, 2.75) is 18.6 Å². The van der Waals surface area contributed by atoms with E-state index in [9.17, 15) is 22.4 Å². The zero-order chi connectivity index (χ0) is 25.4. The first-order chi connectivity index (χ1) is 17.2. The number of ether oxygens (including phenoxy) is 1. The molecular weight excluding hydrogens is 474 g/mol. The Balaban J connectivity index is 1.47. The molecule has 1 fully saturated rings. The van der Waals surface area contributed by atoms with Crippen molar-refractivity contribution in [1.29, 1.82) is 0 Å². The van der Waals surface area contributed by atoms with Crippen molar-refractivity contribution in [3.05, 3.63) is 83.7 Å². The highest BCUT2D eigenvalue weighted by Gasteiger charge is 2.43. The molecule has 9 heteroatoms. The Hall–Kier alpha value is -3.75. The average molecular weight is 500 g/mol. The second-order valence-electron chi connectivity index (χ2n) is 9.05. The number of alkyl halides is 3. The lowest BCUT2D eigenvalue weighted by molar-refractivity contribution is -0.137. The normalized spacial score (nSPS) is 19.4. The van der Waals surface area contributed by atoms with Gasteiger partial charge in [-0.05, 0) is 78.7 Å². The van der Waals surface area contributed by atoms with Gasteiger partial charge >= 0.3 is 6.18 Å². The summed E-state index contributed by atoms with van der Waals surface area (Å²) in [5.74, 6) is -0.600. The van der Waals surface area contributed by atoms with Crippen LogP contribution in [0.25, 0.3) is 0 Å². The number of piperazine rings is 1. The van der Waals surface area contributed by atoms with Gasteiger partial charge in [-0.3, -0.25) is 4.79 Å². The zero-order valence-electron chi connectivity index (χ0n) is 19.6. The molecule has 5 nitrogen and oxygen atoms in total. The van der Waals surface area contributed by atoms with E-state index in [1.807, 2.05) is 29.2 Å². The van der Waals surface area contributed by atoms with Crippen LogP contribution in [0.4, 0.5) is 34.6 Å². The van der Waals surface area contributed by atoms with E-state index in [4.69, 9.17) is 4.74 Å². The van der Waals surface area contributed by atoms with E-state index in [2.05, 4.69) is 10.2 Å². The van der Waals surface area contributed by atoms with Gasteiger partial charge in [0, 0.05) is 36.7 Å². The number of amides is 1. The molecule has 2 aliphatic rings. The Kier molecular flexibility index (Phi) is 6.24. The molecule has 0 bridgehead atoms. The summed E-state index contributed by atoms with van der Waals surface area (Å²) in [6.07, 6.45) is -4.30. The molecule has 0 aliphatic carbocycles. The summed E-state index contributed by atoms with van der Waals surface area (Å²) >= 11 is 0. The molecule has 0 spiro atoms. The van der Waals surface area contributed by atoms with Gasteiger partial charge in [-0.2, -0.15) is 13.2 Å². The Morgan fingerprint density at radius 2 is 1.72 bits per heavy atom. The molecule has 2 unspecified atom stereocenters. The average Bonchev–Trinajstić information content (AvgIpc) is 2.88. The molecule has 0 radical (unpaired) electrons. The molecule has 3 aromatic rings. The summed E-state index contributed by atoms with van der Waals surface area (Å²) in [5.41, 5.74) is 1.91. The number of benzene rings is 3. The van der Waals surface area contributed by atoms with Gasteiger partial charge in [-0.1, -0.05) is 0 Å². The number of hydrogen-bond donors (Lipinski definition) is 1. The number of hydrogen-bond acceptors (Lipinski definition) is 4. The van der Waals surface area contributed by atoms with Crippen LogP contribution in [0.15, 0.2) is 66.7 Å². The molecular formula is C27H25F4N3O2. The molecule has 36 heavy (non-hydrogen) atoms. The summed E-state index contributed by atoms with van der Waals surface area (Å²) in [6, 6.07) is 16.6. The predicted molar refractivity (Wildman–Crippen MR) is 130 cm³/mol. The van der Waals surface area contributed by atoms with Crippen LogP contribution in [0.1, 0.15) is 11.1 Å². The lowest BCUT2D eigenvalue weighted by Gasteiger charge is -2.49. The third-order valence-electron chi connectivity index (χ3n) is 6.93. The Labute approximate surface area is 206 Å². The van der Waals surface area contributed by atoms with Gasteiger partial charge in [-0.15, -0.1) is 0 Å². The highest BCUT2D eigenvalue weighted by atomic mass is 19.4. The fourth-order valence-corrected chi connectivity index (χ4v) is 5.10. The van der Waals surface area contributed by atoms with Crippen LogP contribution in [-0.4, -0.2) is 38.7 Å². The quantitative estimate of drug-likeness (QED) is 0.491. The van der Waals surface area contributed by atoms with Crippen molar-refractivity contribution in [1.82, 2.24) is 0 Å². The Morgan fingerprint density at radius 1 is 1.00 bits per heavy atom. The highest BCUT2D eigenvalue weighted by Crippen LogP contribution is 2.40. The van der Waals surface area contributed by atoms with Crippen LogP contribution in [0.3, 0.4) is 0 Å². The number of halogens is 4. The third-order valence-corrected chi connectivity index (χ3v) is 6.93. The van der Waals surface area contributed by atoms with Gasteiger partial charge in [-0.25, -0.2) is 4.39 Å². The van der Waals surface area contributed by atoms with E-state index >= 15 is 0 Å². The second-order valence-corrected chi connectivity index (χ2v) is 9.05. The number of carbonyl (C=O) groups excluding carboxylic acids is 1. The maximum absolute atomic E-state index is 13.4. The summed E-state index contributed by atoms with van der Waals surface area (Å²) < 4.78 is 58.8. The molecule has 188 valence electrons. The van der Waals surface area contributed by atoms with Crippen molar-refractivity contribution < 1.29 is 27.1 Å². The van der Waals surface area contributed by atoms with Gasteiger partial charge in [0.25, 0.3) is 0 Å². The van der Waals surface area contributed by atoms with Crippen LogP contribution in [-0.2, 0) is 17.4 Å². The van der Waals surface area contributed by atoms with E-state index in [1.54, 1.807) is 7.11 Å².